The van der Waals surface area contributed by atoms with Crippen LogP contribution in [0.4, 0.5) is 0 Å². The number of esters is 6. The van der Waals surface area contributed by atoms with Gasteiger partial charge in [-0.3, -0.25) is 33.6 Å². The van der Waals surface area contributed by atoms with Crippen LogP contribution in [0, 0.1) is 0 Å². The third-order valence-corrected chi connectivity index (χ3v) is 11.3. The molecule has 68 heavy (non-hydrogen) atoms. The van der Waals surface area contributed by atoms with Crippen molar-refractivity contribution in [3.8, 4) is 0 Å². The zero-order valence-corrected chi connectivity index (χ0v) is 42.7. The summed E-state index contributed by atoms with van der Waals surface area (Å²) >= 11 is 0. The molecular formula is C52H87NO15. The minimum Gasteiger partial charge on any atom is -0.463 e. The molecule has 1 fully saturated rings. The summed E-state index contributed by atoms with van der Waals surface area (Å²) in [5.41, 5.74) is 0. The fourth-order valence-corrected chi connectivity index (χ4v) is 7.96. The molecule has 0 aliphatic carbocycles. The van der Waals surface area contributed by atoms with Crippen molar-refractivity contribution < 1.29 is 71.5 Å². The van der Waals surface area contributed by atoms with Crippen LogP contribution in [0.3, 0.4) is 0 Å². The summed E-state index contributed by atoms with van der Waals surface area (Å²) in [6.45, 7) is 10.5. The number of unbranched alkanes of at least 4 members (excludes halogenated alkanes) is 18. The summed E-state index contributed by atoms with van der Waals surface area (Å²) in [4.78, 5) is 88.2. The molecule has 0 unspecified atom stereocenters. The first-order chi connectivity index (χ1) is 32.6. The van der Waals surface area contributed by atoms with E-state index in [9.17, 15) is 33.6 Å². The van der Waals surface area contributed by atoms with Crippen molar-refractivity contribution in [2.45, 2.75) is 252 Å². The normalized spacial score (nSPS) is 19.4. The lowest BCUT2D eigenvalue weighted by Crippen LogP contribution is -2.63. The van der Waals surface area contributed by atoms with Crippen molar-refractivity contribution in [1.82, 2.24) is 5.32 Å². The van der Waals surface area contributed by atoms with E-state index in [0.717, 1.165) is 91.9 Å². The van der Waals surface area contributed by atoms with Crippen LogP contribution in [0.25, 0.3) is 0 Å². The van der Waals surface area contributed by atoms with E-state index in [0.29, 0.717) is 6.42 Å². The Hall–Kier alpha value is -4.31. The number of nitrogens with one attached hydrogen (secondary N) is 1. The minimum absolute atomic E-state index is 0.157. The maximum atomic E-state index is 14.1. The number of hydrogen-bond acceptors (Lipinski definition) is 15. The van der Waals surface area contributed by atoms with Gasteiger partial charge in [-0.2, -0.15) is 0 Å². The van der Waals surface area contributed by atoms with Crippen LogP contribution in [-0.2, 0) is 71.5 Å². The third kappa shape index (κ3) is 30.2. The molecule has 0 aromatic rings. The van der Waals surface area contributed by atoms with Crippen molar-refractivity contribution in [2.24, 2.45) is 0 Å². The van der Waals surface area contributed by atoms with Gasteiger partial charge >= 0.3 is 35.8 Å². The molecule has 1 N–H and O–H groups in total. The van der Waals surface area contributed by atoms with E-state index in [2.05, 4.69) is 31.3 Å². The molecule has 1 saturated heterocycles. The Bertz CT molecular complexity index is 1510. The van der Waals surface area contributed by atoms with Crippen molar-refractivity contribution in [2.75, 3.05) is 13.2 Å². The molecule has 0 aromatic carbocycles. The summed E-state index contributed by atoms with van der Waals surface area (Å²) in [7, 11) is 0. The van der Waals surface area contributed by atoms with Crippen molar-refractivity contribution in [1.29, 1.82) is 0 Å². The smallest absolute Gasteiger partial charge is 0.303 e. The van der Waals surface area contributed by atoms with Gasteiger partial charge in [0.05, 0.1) is 12.6 Å². The van der Waals surface area contributed by atoms with Crippen molar-refractivity contribution in [3.63, 3.8) is 0 Å². The Morgan fingerprint density at radius 2 is 0.971 bits per heavy atom. The number of allylic oxidation sites excluding steroid dienone is 3. The molecule has 0 bridgehead atoms. The molecule has 0 spiro atoms. The van der Waals surface area contributed by atoms with E-state index in [1.165, 1.54) is 78.1 Å². The van der Waals surface area contributed by atoms with Crippen LogP contribution in [0.15, 0.2) is 24.3 Å². The Balaban J connectivity index is 3.37. The molecule has 1 aliphatic heterocycles. The summed E-state index contributed by atoms with van der Waals surface area (Å²) in [6.07, 6.45) is 22.4. The van der Waals surface area contributed by atoms with Gasteiger partial charge in [0.25, 0.3) is 5.91 Å². The highest BCUT2D eigenvalue weighted by atomic mass is 16.7. The first-order valence-corrected chi connectivity index (χ1v) is 25.5. The largest absolute Gasteiger partial charge is 0.463 e. The Morgan fingerprint density at radius 1 is 0.515 bits per heavy atom. The highest BCUT2D eigenvalue weighted by Crippen LogP contribution is 2.30. The summed E-state index contributed by atoms with van der Waals surface area (Å²) in [5.74, 6) is -5.03. The van der Waals surface area contributed by atoms with E-state index in [4.69, 9.17) is 37.9 Å². The fourth-order valence-electron chi connectivity index (χ4n) is 7.96. The van der Waals surface area contributed by atoms with E-state index in [1.54, 1.807) is 0 Å². The third-order valence-electron chi connectivity index (χ3n) is 11.3. The van der Waals surface area contributed by atoms with Gasteiger partial charge in [0, 0.05) is 48.0 Å². The number of carbonyl (C=O) groups is 7. The summed E-state index contributed by atoms with van der Waals surface area (Å²) < 4.78 is 45.6. The van der Waals surface area contributed by atoms with Crippen molar-refractivity contribution >= 4 is 41.7 Å². The van der Waals surface area contributed by atoms with Crippen LogP contribution in [-0.4, -0.2) is 104 Å². The highest BCUT2D eigenvalue weighted by Gasteiger charge is 2.53. The standard InChI is InChI=1S/C52H87NO15/c1-9-11-13-15-17-19-21-23-25-26-28-30-32-34-45(63-39(4)55)44(53-51(60)46(64-40(5)56)35-33-31-29-27-24-22-20-18-16-14-12-10-2)36-62-52-50(67-43(8)59)49(66-42(7)58)48(65-41(6)57)47(68-52)37-61-38(3)54/h17,19,30,32,44-50,52H,9-16,18,20-29,31,33-37H2,1-8H3,(H,53,60)/b19-17+,32-30+/t44-,45-,46+,47+,48-,49+,50-,52+/m0/s1. The molecule has 0 radical (unpaired) electrons. The second kappa shape index (κ2) is 38.5. The first-order valence-electron chi connectivity index (χ1n) is 25.5. The predicted octanol–water partition coefficient (Wildman–Crippen LogP) is 9.56. The molecule has 1 heterocycles. The maximum absolute atomic E-state index is 14.1. The van der Waals surface area contributed by atoms with Crippen LogP contribution < -0.4 is 5.32 Å². The molecule has 1 aliphatic rings. The number of carbonyl (C=O) groups excluding carboxylic acids is 7. The number of amides is 1. The van der Waals surface area contributed by atoms with Gasteiger partial charge in [0.1, 0.15) is 18.8 Å². The lowest BCUT2D eigenvalue weighted by Gasteiger charge is -2.44. The summed E-state index contributed by atoms with van der Waals surface area (Å²) in [6, 6.07) is -1.10. The molecule has 8 atom stereocenters. The molecule has 0 saturated carbocycles. The molecule has 16 nitrogen and oxygen atoms in total. The average Bonchev–Trinajstić information content (AvgIpc) is 3.26. The SMILES string of the molecule is CCCCC/C=C/CCCCC/C=C/C[C@H](OC(C)=O)[C@H](CO[C@@H]1O[C@H](COC(C)=O)[C@H](OC(C)=O)[C@@H](OC(C)=O)[C@@H]1OC(C)=O)NC(=O)[C@@H](CCCCCCCCCCCCCC)OC(C)=O. The number of rotatable bonds is 38. The molecule has 0 aromatic heterocycles. The van der Waals surface area contributed by atoms with Gasteiger partial charge < -0.3 is 43.2 Å². The monoisotopic (exact) mass is 966 g/mol. The van der Waals surface area contributed by atoms with Gasteiger partial charge in [-0.15, -0.1) is 0 Å². The van der Waals surface area contributed by atoms with Gasteiger partial charge in [-0.25, -0.2) is 0 Å². The Morgan fingerprint density at radius 3 is 1.49 bits per heavy atom. The second-order valence-corrected chi connectivity index (χ2v) is 17.8. The van der Waals surface area contributed by atoms with Crippen LogP contribution in [0.5, 0.6) is 0 Å². The second-order valence-electron chi connectivity index (χ2n) is 17.8. The zero-order valence-electron chi connectivity index (χ0n) is 42.7. The van der Waals surface area contributed by atoms with Crippen LogP contribution in [0.1, 0.15) is 203 Å². The van der Waals surface area contributed by atoms with Crippen LogP contribution in [0.2, 0.25) is 0 Å². The molecule has 390 valence electrons. The maximum Gasteiger partial charge on any atom is 0.303 e. The fraction of sp³-hybridized carbons (Fsp3) is 0.788. The topological polar surface area (TPSA) is 205 Å². The summed E-state index contributed by atoms with van der Waals surface area (Å²) in [5, 5.41) is 2.90. The lowest BCUT2D eigenvalue weighted by atomic mass is 9.98. The van der Waals surface area contributed by atoms with E-state index in [-0.39, 0.29) is 12.8 Å². The average molecular weight is 966 g/mol. The van der Waals surface area contributed by atoms with Crippen molar-refractivity contribution in [3.05, 3.63) is 24.3 Å². The van der Waals surface area contributed by atoms with E-state index < -0.39 is 104 Å². The van der Waals surface area contributed by atoms with Gasteiger partial charge in [-0.1, -0.05) is 128 Å². The van der Waals surface area contributed by atoms with E-state index in [1.807, 2.05) is 12.2 Å². The van der Waals surface area contributed by atoms with Gasteiger partial charge in [0.15, 0.2) is 30.7 Å². The molecule has 16 heteroatoms. The number of hydrogen-bond donors (Lipinski definition) is 1. The Labute approximate surface area is 407 Å². The number of ether oxygens (including phenoxy) is 8. The van der Waals surface area contributed by atoms with Gasteiger partial charge in [0.2, 0.25) is 0 Å². The minimum atomic E-state index is -1.57. The lowest BCUT2D eigenvalue weighted by molar-refractivity contribution is -0.309. The highest BCUT2D eigenvalue weighted by molar-refractivity contribution is 5.83. The molecular weight excluding hydrogens is 879 g/mol. The van der Waals surface area contributed by atoms with Gasteiger partial charge in [-0.05, 0) is 51.4 Å². The van der Waals surface area contributed by atoms with E-state index >= 15 is 0 Å². The van der Waals surface area contributed by atoms with Crippen LogP contribution >= 0.6 is 0 Å². The Kier molecular flexibility index (Phi) is 35.0. The molecule has 1 amide bonds. The first kappa shape index (κ1) is 61.7. The molecule has 1 rings (SSSR count). The quantitative estimate of drug-likeness (QED) is 0.0265. The predicted molar refractivity (Wildman–Crippen MR) is 257 cm³/mol. The zero-order chi connectivity index (χ0) is 50.5.